The van der Waals surface area contributed by atoms with Crippen molar-refractivity contribution in [2.75, 3.05) is 53.6 Å². The van der Waals surface area contributed by atoms with Crippen molar-refractivity contribution in [2.24, 2.45) is 10.4 Å². The number of ether oxygens (including phenoxy) is 2. The first-order valence-electron chi connectivity index (χ1n) is 10.1. The Morgan fingerprint density at radius 1 is 1.31 bits per heavy atom. The van der Waals surface area contributed by atoms with Gasteiger partial charge in [0.15, 0.2) is 5.96 Å². The second-order valence-electron chi connectivity index (χ2n) is 8.27. The molecule has 3 aliphatic rings. The number of guanidine groups is 1. The smallest absolute Gasteiger partial charge is 0.243 e. The fourth-order valence-corrected chi connectivity index (χ4v) is 4.26. The monoisotopic (exact) mass is 514 g/mol. The summed E-state index contributed by atoms with van der Waals surface area (Å²) >= 11 is 0. The number of benzene rings is 1. The first kappa shape index (κ1) is 22.1. The Kier molecular flexibility index (Phi) is 7.26. The van der Waals surface area contributed by atoms with E-state index in [9.17, 15) is 4.79 Å². The molecule has 3 heterocycles. The summed E-state index contributed by atoms with van der Waals surface area (Å²) in [5.41, 5.74) is 1.39. The Morgan fingerprint density at radius 2 is 2.14 bits per heavy atom. The van der Waals surface area contributed by atoms with Crippen LogP contribution in [-0.4, -0.2) is 75.2 Å². The third-order valence-corrected chi connectivity index (χ3v) is 6.05. The maximum atomic E-state index is 12.1. The number of likely N-dealkylation sites (tertiary alicyclic amines) is 1. The van der Waals surface area contributed by atoms with Crippen molar-refractivity contribution in [3.8, 4) is 5.75 Å². The van der Waals surface area contributed by atoms with Crippen LogP contribution in [0.15, 0.2) is 29.3 Å². The van der Waals surface area contributed by atoms with Crippen LogP contribution in [0, 0.1) is 5.41 Å². The number of likely N-dealkylation sites (N-methyl/N-ethyl adjacent to an activating group) is 1. The quantitative estimate of drug-likeness (QED) is 0.381. The Hall–Kier alpha value is -1.55. The number of para-hydroxylation sites is 1. The molecule has 1 N–H and O–H groups in total. The number of nitrogens with one attached hydrogen (secondary N) is 1. The summed E-state index contributed by atoms with van der Waals surface area (Å²) in [7, 11) is 3.53. The predicted octanol–water partition coefficient (Wildman–Crippen LogP) is 2.27. The lowest BCUT2D eigenvalue weighted by Gasteiger charge is -2.31. The van der Waals surface area contributed by atoms with Crippen LogP contribution >= 0.6 is 24.0 Å². The summed E-state index contributed by atoms with van der Waals surface area (Å²) in [5, 5.41) is 3.64. The third-order valence-electron chi connectivity index (χ3n) is 6.05. The molecule has 0 aliphatic carbocycles. The van der Waals surface area contributed by atoms with Gasteiger partial charge in [0, 0.05) is 51.2 Å². The zero-order valence-corrected chi connectivity index (χ0v) is 19.6. The summed E-state index contributed by atoms with van der Waals surface area (Å²) in [6, 6.07) is 8.28. The Morgan fingerprint density at radius 3 is 2.90 bits per heavy atom. The van der Waals surface area contributed by atoms with E-state index in [0.717, 1.165) is 62.8 Å². The number of rotatable bonds is 3. The number of halogens is 1. The summed E-state index contributed by atoms with van der Waals surface area (Å²) in [6.07, 6.45) is 3.09. The van der Waals surface area contributed by atoms with Gasteiger partial charge in [-0.2, -0.15) is 0 Å². The highest BCUT2D eigenvalue weighted by Crippen LogP contribution is 2.38. The molecule has 2 fully saturated rings. The van der Waals surface area contributed by atoms with Crippen molar-refractivity contribution in [3.05, 3.63) is 29.8 Å². The number of amides is 1. The van der Waals surface area contributed by atoms with Crippen LogP contribution in [0.3, 0.4) is 0 Å². The van der Waals surface area contributed by atoms with Gasteiger partial charge >= 0.3 is 0 Å². The van der Waals surface area contributed by atoms with E-state index in [-0.39, 0.29) is 47.9 Å². The van der Waals surface area contributed by atoms with Crippen LogP contribution in [0.5, 0.6) is 5.75 Å². The number of fused-ring (bicyclic) bond motifs is 1. The van der Waals surface area contributed by atoms with E-state index in [0.29, 0.717) is 6.61 Å². The molecular weight excluding hydrogens is 483 g/mol. The van der Waals surface area contributed by atoms with E-state index < -0.39 is 0 Å². The molecule has 0 radical (unpaired) electrons. The lowest BCUT2D eigenvalue weighted by atomic mass is 9.87. The van der Waals surface area contributed by atoms with E-state index in [2.05, 4.69) is 16.3 Å². The minimum atomic E-state index is 0. The third kappa shape index (κ3) is 4.96. The highest BCUT2D eigenvalue weighted by Gasteiger charge is 2.42. The first-order chi connectivity index (χ1) is 13.6. The van der Waals surface area contributed by atoms with Gasteiger partial charge in [-0.25, -0.2) is 4.99 Å². The van der Waals surface area contributed by atoms with Crippen molar-refractivity contribution in [1.29, 1.82) is 0 Å². The van der Waals surface area contributed by atoms with Gasteiger partial charge in [-0.05, 0) is 18.9 Å². The molecule has 3 aliphatic heterocycles. The van der Waals surface area contributed by atoms with E-state index in [4.69, 9.17) is 14.5 Å². The van der Waals surface area contributed by atoms with Gasteiger partial charge in [-0.3, -0.25) is 4.79 Å². The lowest BCUT2D eigenvalue weighted by Crippen LogP contribution is -2.44. The first-order valence-corrected chi connectivity index (χ1v) is 10.1. The Labute approximate surface area is 189 Å². The second kappa shape index (κ2) is 9.51. The molecule has 0 bridgehead atoms. The SMILES string of the molecule is CN(C)C(=O)CN=C(NC1CCOc2ccccc21)N1CCC2(CCOC2)C1.I. The highest BCUT2D eigenvalue weighted by atomic mass is 127. The van der Waals surface area contributed by atoms with Crippen LogP contribution in [0.25, 0.3) is 0 Å². The zero-order chi connectivity index (χ0) is 19.6. The van der Waals surface area contributed by atoms with Crippen molar-refractivity contribution < 1.29 is 14.3 Å². The van der Waals surface area contributed by atoms with E-state index in [1.165, 1.54) is 0 Å². The highest BCUT2D eigenvalue weighted by molar-refractivity contribution is 14.0. The molecule has 1 amide bonds. The summed E-state index contributed by atoms with van der Waals surface area (Å²) < 4.78 is 11.5. The normalized spacial score (nSPS) is 25.9. The molecule has 160 valence electrons. The standard InChI is InChI=1S/C21H30N4O3.HI/c1-24(2)19(26)13-22-20(25-10-8-21(14-25)9-12-27-15-21)23-17-7-11-28-18-6-4-3-5-16(17)18;/h3-6,17H,7-15H2,1-2H3,(H,22,23);1H. The summed E-state index contributed by atoms with van der Waals surface area (Å²) in [4.78, 5) is 20.7. The van der Waals surface area contributed by atoms with Gasteiger partial charge in [0.25, 0.3) is 0 Å². The average molecular weight is 514 g/mol. The van der Waals surface area contributed by atoms with Crippen LogP contribution in [0.1, 0.15) is 30.9 Å². The van der Waals surface area contributed by atoms with Gasteiger partial charge < -0.3 is 24.6 Å². The molecule has 2 atom stereocenters. The molecule has 4 rings (SSSR count). The maximum Gasteiger partial charge on any atom is 0.243 e. The van der Waals surface area contributed by atoms with Gasteiger partial charge in [-0.1, -0.05) is 18.2 Å². The van der Waals surface area contributed by atoms with E-state index in [1.54, 1.807) is 19.0 Å². The topological polar surface area (TPSA) is 66.4 Å². The van der Waals surface area contributed by atoms with Crippen molar-refractivity contribution in [2.45, 2.75) is 25.3 Å². The Balaban J connectivity index is 0.00000240. The predicted molar refractivity (Wildman–Crippen MR) is 123 cm³/mol. The minimum absolute atomic E-state index is 0. The molecule has 0 aromatic heterocycles. The lowest BCUT2D eigenvalue weighted by molar-refractivity contribution is -0.127. The summed E-state index contributed by atoms with van der Waals surface area (Å²) in [5.74, 6) is 1.75. The molecule has 8 heteroatoms. The molecule has 2 unspecified atom stereocenters. The molecule has 2 saturated heterocycles. The molecular formula is C21H31IN4O3. The molecule has 1 spiro atoms. The Bertz CT molecular complexity index is 749. The number of nitrogens with zero attached hydrogens (tertiary/aromatic N) is 3. The number of aliphatic imine (C=N–C) groups is 1. The maximum absolute atomic E-state index is 12.1. The number of hydrogen-bond donors (Lipinski definition) is 1. The molecule has 1 aromatic rings. The minimum Gasteiger partial charge on any atom is -0.493 e. The van der Waals surface area contributed by atoms with Gasteiger partial charge in [-0.15, -0.1) is 24.0 Å². The van der Waals surface area contributed by atoms with Gasteiger partial charge in [0.05, 0.1) is 19.3 Å². The van der Waals surface area contributed by atoms with Crippen molar-refractivity contribution >= 4 is 35.8 Å². The van der Waals surface area contributed by atoms with E-state index in [1.807, 2.05) is 18.2 Å². The van der Waals surface area contributed by atoms with Crippen LogP contribution in [0.4, 0.5) is 0 Å². The fraction of sp³-hybridized carbons (Fsp3) is 0.619. The number of carbonyl (C=O) groups excluding carboxylic acids is 1. The number of carbonyl (C=O) groups is 1. The zero-order valence-electron chi connectivity index (χ0n) is 17.2. The number of hydrogen-bond acceptors (Lipinski definition) is 4. The summed E-state index contributed by atoms with van der Waals surface area (Å²) in [6.45, 7) is 4.38. The van der Waals surface area contributed by atoms with Crippen LogP contribution in [0.2, 0.25) is 0 Å². The molecule has 7 nitrogen and oxygen atoms in total. The molecule has 1 aromatic carbocycles. The van der Waals surface area contributed by atoms with Gasteiger partial charge in [0.1, 0.15) is 12.3 Å². The van der Waals surface area contributed by atoms with E-state index >= 15 is 0 Å². The molecule has 29 heavy (non-hydrogen) atoms. The van der Waals surface area contributed by atoms with Crippen LogP contribution in [-0.2, 0) is 9.53 Å². The van der Waals surface area contributed by atoms with Gasteiger partial charge in [0.2, 0.25) is 5.91 Å². The largest absolute Gasteiger partial charge is 0.493 e. The van der Waals surface area contributed by atoms with Crippen molar-refractivity contribution in [3.63, 3.8) is 0 Å². The van der Waals surface area contributed by atoms with Crippen molar-refractivity contribution in [1.82, 2.24) is 15.1 Å². The fourth-order valence-electron chi connectivity index (χ4n) is 4.26. The second-order valence-corrected chi connectivity index (χ2v) is 8.27. The van der Waals surface area contributed by atoms with Crippen LogP contribution < -0.4 is 10.1 Å². The average Bonchev–Trinajstić information content (AvgIpc) is 3.34. The molecule has 0 saturated carbocycles.